The van der Waals surface area contributed by atoms with Crippen LogP contribution in [0.15, 0.2) is 0 Å². The van der Waals surface area contributed by atoms with Crippen LogP contribution in [0.4, 0.5) is 0 Å². The van der Waals surface area contributed by atoms with Gasteiger partial charge in [0.25, 0.3) is 0 Å². The molecular weight excluding hydrogens is 192 g/mol. The largest absolute Gasteiger partial charge is 0.394 e. The minimum Gasteiger partial charge on any atom is -0.394 e. The van der Waals surface area contributed by atoms with E-state index in [2.05, 4.69) is 0 Å². The van der Waals surface area contributed by atoms with Crippen LogP contribution in [-0.2, 0) is 0 Å². The van der Waals surface area contributed by atoms with Crippen molar-refractivity contribution in [2.45, 2.75) is 26.1 Å². The maximum Gasteiger partial charge on any atom is 0.100 e. The summed E-state index contributed by atoms with van der Waals surface area (Å²) in [6, 6.07) is 0. The van der Waals surface area contributed by atoms with Gasteiger partial charge >= 0.3 is 0 Å². The third kappa shape index (κ3) is 60.1. The smallest absolute Gasteiger partial charge is 0.100 e. The first kappa shape index (κ1) is 19.4. The summed E-state index contributed by atoms with van der Waals surface area (Å²) in [6.45, 7) is 2.47. The maximum atomic E-state index is 8.17. The molecule has 0 aromatic carbocycles. The Morgan fingerprint density at radius 1 is 0.786 bits per heavy atom. The molecule has 14 heavy (non-hydrogen) atoms. The summed E-state index contributed by atoms with van der Waals surface area (Å²) >= 11 is 0. The van der Waals surface area contributed by atoms with Gasteiger partial charge in [0, 0.05) is 6.10 Å². The normalized spacial score (nSPS) is 9.00. The second kappa shape index (κ2) is 18.5. The van der Waals surface area contributed by atoms with Crippen LogP contribution in [0, 0.1) is 0 Å². The summed E-state index contributed by atoms with van der Waals surface area (Å²) < 4.78 is 0. The molecular formula is C8H22O6. The lowest BCUT2D eigenvalue weighted by Gasteiger charge is -1.96. The molecule has 90 valence electrons. The summed E-state index contributed by atoms with van der Waals surface area (Å²) in [5, 5.41) is 47.3. The van der Waals surface area contributed by atoms with Crippen LogP contribution in [0.3, 0.4) is 0 Å². The SMILES string of the molecule is CC(C)O.OCC(O)CO.OCCO. The molecule has 0 aromatic heterocycles. The van der Waals surface area contributed by atoms with Crippen molar-refractivity contribution in [3.8, 4) is 0 Å². The van der Waals surface area contributed by atoms with Gasteiger partial charge in [0.05, 0.1) is 26.4 Å². The van der Waals surface area contributed by atoms with E-state index in [4.69, 9.17) is 30.6 Å². The zero-order valence-corrected chi connectivity index (χ0v) is 8.67. The number of hydrogen-bond donors (Lipinski definition) is 6. The number of aliphatic hydroxyl groups excluding tert-OH is 6. The van der Waals surface area contributed by atoms with Gasteiger partial charge in [-0.1, -0.05) is 0 Å². The van der Waals surface area contributed by atoms with Crippen molar-refractivity contribution >= 4 is 0 Å². The van der Waals surface area contributed by atoms with Crippen molar-refractivity contribution in [1.29, 1.82) is 0 Å². The van der Waals surface area contributed by atoms with Crippen molar-refractivity contribution in [3.63, 3.8) is 0 Å². The predicted molar refractivity (Wildman–Crippen MR) is 51.7 cm³/mol. The molecule has 0 aliphatic carbocycles. The number of aliphatic hydroxyl groups is 6. The minimum atomic E-state index is -0.954. The molecule has 0 saturated carbocycles. The molecule has 0 spiro atoms. The van der Waals surface area contributed by atoms with Crippen molar-refractivity contribution in [2.24, 2.45) is 0 Å². The number of hydrogen-bond acceptors (Lipinski definition) is 6. The van der Waals surface area contributed by atoms with Gasteiger partial charge < -0.3 is 30.6 Å². The molecule has 0 fully saturated rings. The Bertz CT molecular complexity index is 69.5. The molecule has 0 aliphatic rings. The highest BCUT2D eigenvalue weighted by atomic mass is 16.3. The first-order valence-electron chi connectivity index (χ1n) is 4.25. The average Bonchev–Trinajstić information content (AvgIpc) is 2.16. The average molecular weight is 214 g/mol. The van der Waals surface area contributed by atoms with Gasteiger partial charge in [-0.3, -0.25) is 0 Å². The topological polar surface area (TPSA) is 121 Å². The van der Waals surface area contributed by atoms with Gasteiger partial charge in [-0.2, -0.15) is 0 Å². The molecule has 0 heterocycles. The summed E-state index contributed by atoms with van der Waals surface area (Å²) in [5.41, 5.74) is 0. The van der Waals surface area contributed by atoms with Crippen molar-refractivity contribution in [2.75, 3.05) is 26.4 Å². The Morgan fingerprint density at radius 3 is 1.00 bits per heavy atom. The lowest BCUT2D eigenvalue weighted by molar-refractivity contribution is 0.0450. The molecule has 0 amide bonds. The second-order valence-electron chi connectivity index (χ2n) is 2.56. The van der Waals surface area contributed by atoms with Crippen LogP contribution in [0.1, 0.15) is 13.8 Å². The summed E-state index contributed by atoms with van der Waals surface area (Å²) in [4.78, 5) is 0. The molecule has 0 aromatic rings. The Kier molecular flexibility index (Phi) is 25.6. The molecule has 0 bridgehead atoms. The Balaban J connectivity index is -0.000000135. The summed E-state index contributed by atoms with van der Waals surface area (Å²) in [7, 11) is 0. The lowest BCUT2D eigenvalue weighted by atomic mass is 10.4. The van der Waals surface area contributed by atoms with E-state index < -0.39 is 6.10 Å². The Labute approximate surface area is 84.1 Å². The van der Waals surface area contributed by atoms with E-state index in [9.17, 15) is 0 Å². The van der Waals surface area contributed by atoms with Gasteiger partial charge in [-0.25, -0.2) is 0 Å². The monoisotopic (exact) mass is 214 g/mol. The van der Waals surface area contributed by atoms with Crippen LogP contribution in [-0.4, -0.2) is 69.3 Å². The molecule has 0 saturated heterocycles. The fourth-order valence-electron chi connectivity index (χ4n) is 0.0577. The maximum absolute atomic E-state index is 8.17. The minimum absolute atomic E-state index is 0.125. The van der Waals surface area contributed by atoms with Crippen LogP contribution in [0.2, 0.25) is 0 Å². The fraction of sp³-hybridized carbons (Fsp3) is 1.00. The van der Waals surface area contributed by atoms with E-state index in [0.717, 1.165) is 0 Å². The lowest BCUT2D eigenvalue weighted by Crippen LogP contribution is -2.15. The first-order valence-corrected chi connectivity index (χ1v) is 4.25. The second-order valence-corrected chi connectivity index (χ2v) is 2.56. The quantitative estimate of drug-likeness (QED) is 0.314. The highest BCUT2D eigenvalue weighted by Crippen LogP contribution is 1.71. The van der Waals surface area contributed by atoms with Crippen LogP contribution in [0.25, 0.3) is 0 Å². The van der Waals surface area contributed by atoms with E-state index in [0.29, 0.717) is 0 Å². The molecule has 0 rings (SSSR count). The van der Waals surface area contributed by atoms with E-state index in [-0.39, 0.29) is 32.5 Å². The third-order valence-electron chi connectivity index (χ3n) is 0.521. The molecule has 0 atom stereocenters. The highest BCUT2D eigenvalue weighted by molar-refractivity contribution is 4.44. The van der Waals surface area contributed by atoms with Crippen molar-refractivity contribution < 1.29 is 30.6 Å². The van der Waals surface area contributed by atoms with E-state index in [1.807, 2.05) is 0 Å². The molecule has 6 heteroatoms. The van der Waals surface area contributed by atoms with E-state index in [1.54, 1.807) is 13.8 Å². The first-order chi connectivity index (χ1) is 6.45. The van der Waals surface area contributed by atoms with E-state index >= 15 is 0 Å². The van der Waals surface area contributed by atoms with Crippen LogP contribution >= 0.6 is 0 Å². The number of rotatable bonds is 3. The van der Waals surface area contributed by atoms with Crippen LogP contribution in [0.5, 0.6) is 0 Å². The fourth-order valence-corrected chi connectivity index (χ4v) is 0.0577. The van der Waals surface area contributed by atoms with Crippen molar-refractivity contribution in [1.82, 2.24) is 0 Å². The molecule has 6 N–H and O–H groups in total. The summed E-state index contributed by atoms with van der Waals surface area (Å²) in [6.07, 6.45) is -1.12. The third-order valence-corrected chi connectivity index (χ3v) is 0.521. The van der Waals surface area contributed by atoms with E-state index in [1.165, 1.54) is 0 Å². The van der Waals surface area contributed by atoms with Gasteiger partial charge in [0.1, 0.15) is 6.10 Å². The van der Waals surface area contributed by atoms with Crippen LogP contribution < -0.4 is 0 Å². The summed E-state index contributed by atoms with van der Waals surface area (Å²) in [5.74, 6) is 0. The molecule has 6 nitrogen and oxygen atoms in total. The highest BCUT2D eigenvalue weighted by Gasteiger charge is 1.93. The standard InChI is InChI=1S/C3H8O3.C3H8O.C2H6O2/c4-1-3(6)2-5;1-3(2)4;3-1-2-4/h3-6H,1-2H2;3-4H,1-2H3;3-4H,1-2H2. The van der Waals surface area contributed by atoms with Gasteiger partial charge in [-0.15, -0.1) is 0 Å². The molecule has 0 radical (unpaired) electrons. The van der Waals surface area contributed by atoms with Crippen molar-refractivity contribution in [3.05, 3.63) is 0 Å². The molecule has 0 unspecified atom stereocenters. The Morgan fingerprint density at radius 2 is 1.00 bits per heavy atom. The van der Waals surface area contributed by atoms with Gasteiger partial charge in [0.2, 0.25) is 0 Å². The zero-order valence-electron chi connectivity index (χ0n) is 8.67. The molecule has 0 aliphatic heterocycles. The zero-order chi connectivity index (χ0) is 12.0. The van der Waals surface area contributed by atoms with Gasteiger partial charge in [-0.05, 0) is 13.8 Å². The predicted octanol–water partition coefficient (Wildman–Crippen LogP) is -2.31. The van der Waals surface area contributed by atoms with Gasteiger partial charge in [0.15, 0.2) is 0 Å². The Hall–Kier alpha value is -0.240.